The normalized spacial score (nSPS) is 12.0. The lowest BCUT2D eigenvalue weighted by atomic mass is 9.98. The molecule has 0 unspecified atom stereocenters. The Balaban J connectivity index is 0.00000122. The summed E-state index contributed by atoms with van der Waals surface area (Å²) >= 11 is 6.47. The molecule has 9 heteroatoms. The van der Waals surface area contributed by atoms with Crippen LogP contribution < -0.4 is 4.74 Å². The first-order chi connectivity index (χ1) is 13.1. The van der Waals surface area contributed by atoms with E-state index in [1.807, 2.05) is 13.8 Å². The monoisotopic (exact) mass is 418 g/mol. The van der Waals surface area contributed by atoms with Crippen LogP contribution in [-0.2, 0) is 29.0 Å². The lowest BCUT2D eigenvalue weighted by Crippen LogP contribution is -2.21. The number of ether oxygens (including phenoxy) is 1. The largest absolute Gasteiger partial charge is 0.496 e. The van der Waals surface area contributed by atoms with Crippen molar-refractivity contribution in [3.8, 4) is 17.0 Å². The van der Waals surface area contributed by atoms with E-state index in [-0.39, 0.29) is 12.6 Å². The Labute approximate surface area is 166 Å². The number of hydrogen-bond acceptors (Lipinski definition) is 4. The average Bonchev–Trinajstić information content (AvgIpc) is 2.97. The van der Waals surface area contributed by atoms with Crippen molar-refractivity contribution in [1.82, 2.24) is 9.78 Å². The Morgan fingerprint density at radius 1 is 1.29 bits per heavy atom. The van der Waals surface area contributed by atoms with E-state index in [9.17, 15) is 13.2 Å². The number of halogens is 4. The minimum Gasteiger partial charge on any atom is -0.496 e. The van der Waals surface area contributed by atoms with Gasteiger partial charge in [-0.05, 0) is 37.5 Å². The molecule has 0 aliphatic heterocycles. The molecule has 1 aromatic heterocycles. The van der Waals surface area contributed by atoms with Gasteiger partial charge in [-0.1, -0.05) is 31.5 Å². The van der Waals surface area contributed by atoms with Gasteiger partial charge < -0.3 is 4.74 Å². The van der Waals surface area contributed by atoms with E-state index in [1.165, 1.54) is 14.0 Å². The van der Waals surface area contributed by atoms with Gasteiger partial charge in [0.05, 0.1) is 29.4 Å². The molecule has 0 aliphatic rings. The van der Waals surface area contributed by atoms with Gasteiger partial charge in [0.15, 0.2) is 0 Å². The lowest BCUT2D eigenvalue weighted by molar-refractivity contribution is -0.191. The van der Waals surface area contributed by atoms with Crippen LogP contribution in [0, 0.1) is 5.92 Å². The van der Waals surface area contributed by atoms with Crippen molar-refractivity contribution >= 4 is 17.8 Å². The predicted molar refractivity (Wildman–Crippen MR) is 98.2 cm³/mol. The molecule has 1 heterocycles. The van der Waals surface area contributed by atoms with Gasteiger partial charge in [0, 0.05) is 12.1 Å². The number of benzene rings is 1. The number of nitrogens with zero attached hydrogens (tertiary/aromatic N) is 2. The summed E-state index contributed by atoms with van der Waals surface area (Å²) in [6.45, 7) is 5.73. The summed E-state index contributed by atoms with van der Waals surface area (Å²) in [6.07, 6.45) is -3.37. The molecule has 1 atom stereocenters. The SMILES string of the molecule is CCc1nn(CC)c(-c2ccc(C[C@@H](C)C(F)(F)F)cc2OC)c1Cl.O=C=O. The van der Waals surface area contributed by atoms with Crippen molar-refractivity contribution in [2.24, 2.45) is 5.92 Å². The maximum absolute atomic E-state index is 12.8. The number of aromatic nitrogens is 2. The zero-order chi connectivity index (χ0) is 21.5. The fourth-order valence-electron chi connectivity index (χ4n) is 2.73. The summed E-state index contributed by atoms with van der Waals surface area (Å²) in [7, 11) is 1.50. The highest BCUT2D eigenvalue weighted by molar-refractivity contribution is 6.33. The van der Waals surface area contributed by atoms with Crippen molar-refractivity contribution < 1.29 is 27.5 Å². The molecule has 0 N–H and O–H groups in total. The van der Waals surface area contributed by atoms with E-state index < -0.39 is 12.1 Å². The molecule has 0 fully saturated rings. The van der Waals surface area contributed by atoms with Gasteiger partial charge >= 0.3 is 12.3 Å². The summed E-state index contributed by atoms with van der Waals surface area (Å²) in [4.78, 5) is 16.2. The molecule has 0 aliphatic carbocycles. The number of rotatable bonds is 6. The molecule has 1 aromatic carbocycles. The van der Waals surface area contributed by atoms with E-state index >= 15 is 0 Å². The highest BCUT2D eigenvalue weighted by Gasteiger charge is 2.35. The van der Waals surface area contributed by atoms with E-state index in [0.717, 1.165) is 17.0 Å². The van der Waals surface area contributed by atoms with Gasteiger partial charge in [-0.3, -0.25) is 4.68 Å². The Hall–Kier alpha value is -2.31. The minimum atomic E-state index is -4.22. The number of methoxy groups -OCH3 is 1. The van der Waals surface area contributed by atoms with Gasteiger partial charge in [-0.25, -0.2) is 0 Å². The maximum atomic E-state index is 12.8. The molecule has 0 saturated heterocycles. The van der Waals surface area contributed by atoms with Crippen molar-refractivity contribution in [3.05, 3.63) is 34.5 Å². The molecular formula is C19H22ClF3N2O3. The summed E-state index contributed by atoms with van der Waals surface area (Å²) in [5.41, 5.74) is 2.81. The minimum absolute atomic E-state index is 0.0961. The van der Waals surface area contributed by atoms with Crippen LogP contribution in [0.1, 0.15) is 32.0 Å². The first kappa shape index (κ1) is 23.7. The molecule has 5 nitrogen and oxygen atoms in total. The summed E-state index contributed by atoms with van der Waals surface area (Å²) in [5, 5.41) is 5.04. The zero-order valence-electron chi connectivity index (χ0n) is 16.1. The first-order valence-electron chi connectivity index (χ1n) is 8.62. The van der Waals surface area contributed by atoms with Gasteiger partial charge in [0.25, 0.3) is 0 Å². The number of alkyl halides is 3. The molecule has 0 radical (unpaired) electrons. The highest BCUT2D eigenvalue weighted by Crippen LogP contribution is 2.38. The number of aryl methyl sites for hydroxylation is 2. The highest BCUT2D eigenvalue weighted by atomic mass is 35.5. The second-order valence-electron chi connectivity index (χ2n) is 6.04. The van der Waals surface area contributed by atoms with Crippen LogP contribution >= 0.6 is 11.6 Å². The van der Waals surface area contributed by atoms with Crippen LogP contribution in [0.4, 0.5) is 13.2 Å². The first-order valence-corrected chi connectivity index (χ1v) is 9.00. The van der Waals surface area contributed by atoms with Crippen molar-refractivity contribution in [1.29, 1.82) is 0 Å². The molecule has 2 rings (SSSR count). The Kier molecular flexibility index (Phi) is 8.72. The molecule has 0 bridgehead atoms. The van der Waals surface area contributed by atoms with Crippen LogP contribution in [-0.4, -0.2) is 29.2 Å². The second-order valence-corrected chi connectivity index (χ2v) is 6.42. The van der Waals surface area contributed by atoms with Gasteiger partial charge in [0.1, 0.15) is 5.75 Å². The topological polar surface area (TPSA) is 61.2 Å². The third-order valence-corrected chi connectivity index (χ3v) is 4.61. The smallest absolute Gasteiger partial charge is 0.391 e. The average molecular weight is 419 g/mol. The van der Waals surface area contributed by atoms with Crippen LogP contribution in [0.25, 0.3) is 11.3 Å². The van der Waals surface area contributed by atoms with Crippen LogP contribution in [0.3, 0.4) is 0 Å². The lowest BCUT2D eigenvalue weighted by Gasteiger charge is -2.17. The van der Waals surface area contributed by atoms with Crippen LogP contribution in [0.15, 0.2) is 18.2 Å². The van der Waals surface area contributed by atoms with Crippen molar-refractivity contribution in [2.45, 2.75) is 46.3 Å². The molecule has 154 valence electrons. The number of carbonyl (C=O) groups excluding carboxylic acids is 2. The van der Waals surface area contributed by atoms with E-state index in [1.54, 1.807) is 22.9 Å². The molecule has 0 saturated carbocycles. The van der Waals surface area contributed by atoms with Crippen molar-refractivity contribution in [3.63, 3.8) is 0 Å². The Bertz CT molecular complexity index is 829. The molecule has 2 aromatic rings. The van der Waals surface area contributed by atoms with E-state index in [2.05, 4.69) is 5.10 Å². The molecular weight excluding hydrogens is 397 g/mol. The quantitative estimate of drug-likeness (QED) is 0.665. The zero-order valence-corrected chi connectivity index (χ0v) is 16.8. The van der Waals surface area contributed by atoms with Crippen molar-refractivity contribution in [2.75, 3.05) is 7.11 Å². The fraction of sp³-hybridized carbons (Fsp3) is 0.474. The second kappa shape index (κ2) is 10.3. The van der Waals surface area contributed by atoms with E-state index in [4.69, 9.17) is 25.9 Å². The summed E-state index contributed by atoms with van der Waals surface area (Å²) in [5.74, 6) is -0.925. The van der Waals surface area contributed by atoms with Crippen LogP contribution in [0.2, 0.25) is 5.02 Å². The van der Waals surface area contributed by atoms with Gasteiger partial charge in [0.2, 0.25) is 0 Å². The maximum Gasteiger partial charge on any atom is 0.391 e. The third-order valence-electron chi connectivity index (χ3n) is 4.22. The Morgan fingerprint density at radius 2 is 1.89 bits per heavy atom. The molecule has 0 amide bonds. The summed E-state index contributed by atoms with van der Waals surface area (Å²) in [6, 6.07) is 5.09. The van der Waals surface area contributed by atoms with Gasteiger partial charge in [-0.2, -0.15) is 27.9 Å². The molecule has 28 heavy (non-hydrogen) atoms. The number of hydrogen-bond donors (Lipinski definition) is 0. The fourth-order valence-corrected chi connectivity index (χ4v) is 3.10. The van der Waals surface area contributed by atoms with Gasteiger partial charge in [-0.15, -0.1) is 0 Å². The Morgan fingerprint density at radius 3 is 2.36 bits per heavy atom. The van der Waals surface area contributed by atoms with E-state index in [0.29, 0.717) is 29.3 Å². The predicted octanol–water partition coefficient (Wildman–Crippen LogP) is 4.95. The standard InChI is InChI=1S/C18H22ClF3N2O.CO2/c1-5-14-16(19)17(24(6-2)23-14)13-8-7-12(10-15(13)25-4)9-11(3)18(20,21)22;2-1-3/h7-8,10-11H,5-6,9H2,1-4H3;/t11-;/m1./s1. The third kappa shape index (κ3) is 5.59. The van der Waals surface area contributed by atoms with Crippen LogP contribution in [0.5, 0.6) is 5.75 Å². The summed E-state index contributed by atoms with van der Waals surface area (Å²) < 4.78 is 45.6. The molecule has 0 spiro atoms.